The molecule has 0 aliphatic carbocycles. The van der Waals surface area contributed by atoms with E-state index < -0.39 is 0 Å². The SMILES string of the molecule is C[n+]1cccn1CC(=O)c1ccccc1.[Br-]. The van der Waals surface area contributed by atoms with Crippen LogP contribution in [-0.4, -0.2) is 10.5 Å². The van der Waals surface area contributed by atoms with Crippen molar-refractivity contribution in [1.82, 2.24) is 4.68 Å². The molecule has 16 heavy (non-hydrogen) atoms. The molecule has 4 heteroatoms. The number of halogens is 1. The summed E-state index contributed by atoms with van der Waals surface area (Å²) in [5.41, 5.74) is 0.756. The predicted molar refractivity (Wildman–Crippen MR) is 56.4 cm³/mol. The average molecular weight is 281 g/mol. The molecule has 2 rings (SSSR count). The molecule has 0 bridgehead atoms. The van der Waals surface area contributed by atoms with Gasteiger partial charge in [-0.05, 0) is 0 Å². The second kappa shape index (κ2) is 5.61. The molecule has 1 aromatic carbocycles. The van der Waals surface area contributed by atoms with Gasteiger partial charge in [0.1, 0.15) is 6.54 Å². The number of hydrogen-bond donors (Lipinski definition) is 0. The largest absolute Gasteiger partial charge is 1.00 e. The Morgan fingerprint density at radius 3 is 2.50 bits per heavy atom. The Morgan fingerprint density at radius 1 is 1.25 bits per heavy atom. The minimum Gasteiger partial charge on any atom is -1.00 e. The van der Waals surface area contributed by atoms with Crippen LogP contribution in [0.2, 0.25) is 0 Å². The van der Waals surface area contributed by atoms with Gasteiger partial charge in [0.25, 0.3) is 0 Å². The summed E-state index contributed by atoms with van der Waals surface area (Å²) >= 11 is 0. The van der Waals surface area contributed by atoms with E-state index in [0.717, 1.165) is 5.56 Å². The quantitative estimate of drug-likeness (QED) is 0.481. The molecule has 0 radical (unpaired) electrons. The number of nitrogens with zero attached hydrogens (tertiary/aromatic N) is 2. The lowest BCUT2D eigenvalue weighted by Crippen LogP contribution is -3.00. The Balaban J connectivity index is 0.00000128. The summed E-state index contributed by atoms with van der Waals surface area (Å²) in [6, 6.07) is 11.3. The van der Waals surface area contributed by atoms with Crippen molar-refractivity contribution in [3.05, 3.63) is 54.4 Å². The Labute approximate surface area is 105 Å². The first-order valence-corrected chi connectivity index (χ1v) is 4.86. The number of ketones is 1. The highest BCUT2D eigenvalue weighted by atomic mass is 79.9. The fraction of sp³-hybridized carbons (Fsp3) is 0.167. The van der Waals surface area contributed by atoms with Gasteiger partial charge in [-0.2, -0.15) is 4.68 Å². The first kappa shape index (κ1) is 12.6. The third-order valence-corrected chi connectivity index (χ3v) is 2.37. The summed E-state index contributed by atoms with van der Waals surface area (Å²) < 4.78 is 3.76. The Hall–Kier alpha value is -1.42. The van der Waals surface area contributed by atoms with Crippen molar-refractivity contribution >= 4 is 5.78 Å². The number of hydrogen-bond acceptors (Lipinski definition) is 1. The van der Waals surface area contributed by atoms with Crippen LogP contribution >= 0.6 is 0 Å². The fourth-order valence-electron chi connectivity index (χ4n) is 1.48. The van der Waals surface area contributed by atoms with Crippen LogP contribution in [0.1, 0.15) is 10.4 Å². The molecule has 0 unspecified atom stereocenters. The lowest BCUT2D eigenvalue weighted by molar-refractivity contribution is -0.752. The number of aryl methyl sites for hydroxylation is 1. The number of carbonyl (C=O) groups is 1. The molecule has 0 aliphatic rings. The van der Waals surface area contributed by atoms with E-state index in [1.165, 1.54) is 0 Å². The second-order valence-corrected chi connectivity index (χ2v) is 3.45. The van der Waals surface area contributed by atoms with E-state index in [4.69, 9.17) is 0 Å². The van der Waals surface area contributed by atoms with E-state index in [1.54, 1.807) is 0 Å². The molecule has 0 saturated heterocycles. The van der Waals surface area contributed by atoms with Gasteiger partial charge in [-0.3, -0.25) is 4.79 Å². The van der Waals surface area contributed by atoms with Crippen molar-refractivity contribution in [2.75, 3.05) is 0 Å². The lowest BCUT2D eigenvalue weighted by Gasteiger charge is -2.00. The minimum atomic E-state index is 0. The lowest BCUT2D eigenvalue weighted by atomic mass is 10.1. The van der Waals surface area contributed by atoms with Gasteiger partial charge in [-0.25, -0.2) is 0 Å². The number of rotatable bonds is 3. The first-order valence-electron chi connectivity index (χ1n) is 4.86. The van der Waals surface area contributed by atoms with Crippen molar-refractivity contribution in [2.24, 2.45) is 7.05 Å². The Morgan fingerprint density at radius 2 is 1.94 bits per heavy atom. The van der Waals surface area contributed by atoms with Crippen LogP contribution in [0.4, 0.5) is 0 Å². The highest BCUT2D eigenvalue weighted by molar-refractivity contribution is 5.95. The number of Topliss-reactive ketones (excluding diaryl/α,β-unsaturated/α-hetero) is 1. The molecule has 0 aliphatic heterocycles. The molecule has 0 fully saturated rings. The molecule has 1 aromatic heterocycles. The molecular formula is C12H13BrN2O. The monoisotopic (exact) mass is 280 g/mol. The smallest absolute Gasteiger partial charge is 0.195 e. The molecule has 84 valence electrons. The van der Waals surface area contributed by atoms with Gasteiger partial charge < -0.3 is 17.0 Å². The van der Waals surface area contributed by atoms with Crippen molar-refractivity contribution in [3.63, 3.8) is 0 Å². The summed E-state index contributed by atoms with van der Waals surface area (Å²) in [6.45, 7) is 0.382. The van der Waals surface area contributed by atoms with Crippen LogP contribution in [0.3, 0.4) is 0 Å². The number of carbonyl (C=O) groups excluding carboxylic acids is 1. The van der Waals surface area contributed by atoms with E-state index >= 15 is 0 Å². The van der Waals surface area contributed by atoms with Crippen molar-refractivity contribution in [1.29, 1.82) is 0 Å². The summed E-state index contributed by atoms with van der Waals surface area (Å²) in [4.78, 5) is 11.8. The zero-order chi connectivity index (χ0) is 10.7. The van der Waals surface area contributed by atoms with E-state index in [1.807, 2.05) is 65.2 Å². The third kappa shape index (κ3) is 2.79. The predicted octanol–water partition coefficient (Wildman–Crippen LogP) is -1.80. The zero-order valence-electron chi connectivity index (χ0n) is 9.01. The molecule has 0 N–H and O–H groups in total. The van der Waals surface area contributed by atoms with Crippen LogP contribution in [-0.2, 0) is 13.6 Å². The summed E-state index contributed by atoms with van der Waals surface area (Å²) in [7, 11) is 1.91. The topological polar surface area (TPSA) is 25.9 Å². The summed E-state index contributed by atoms with van der Waals surface area (Å²) in [5, 5.41) is 0. The molecule has 2 aromatic rings. The van der Waals surface area contributed by atoms with Crippen molar-refractivity contribution in [2.45, 2.75) is 6.54 Å². The van der Waals surface area contributed by atoms with Gasteiger partial charge in [-0.15, -0.1) is 4.68 Å². The van der Waals surface area contributed by atoms with Crippen LogP contribution in [0, 0.1) is 0 Å². The van der Waals surface area contributed by atoms with E-state index in [-0.39, 0.29) is 22.8 Å². The Kier molecular flexibility index (Phi) is 4.43. The number of aromatic nitrogens is 2. The third-order valence-electron chi connectivity index (χ3n) is 2.37. The minimum absolute atomic E-state index is 0. The van der Waals surface area contributed by atoms with Gasteiger partial charge in [0.05, 0.1) is 6.20 Å². The van der Waals surface area contributed by atoms with E-state index in [9.17, 15) is 4.79 Å². The summed E-state index contributed by atoms with van der Waals surface area (Å²) in [6.07, 6.45) is 3.80. The van der Waals surface area contributed by atoms with Crippen LogP contribution in [0.15, 0.2) is 48.8 Å². The number of benzene rings is 1. The molecule has 0 amide bonds. The van der Waals surface area contributed by atoms with Gasteiger partial charge >= 0.3 is 0 Å². The second-order valence-electron chi connectivity index (χ2n) is 3.45. The molecule has 0 saturated carbocycles. The summed E-state index contributed by atoms with van der Waals surface area (Å²) in [5.74, 6) is 0.127. The van der Waals surface area contributed by atoms with Crippen molar-refractivity contribution < 1.29 is 26.5 Å². The van der Waals surface area contributed by atoms with Gasteiger partial charge in [0, 0.05) is 11.6 Å². The zero-order valence-corrected chi connectivity index (χ0v) is 10.6. The van der Waals surface area contributed by atoms with Crippen molar-refractivity contribution in [3.8, 4) is 0 Å². The van der Waals surface area contributed by atoms with Gasteiger partial charge in [0.2, 0.25) is 0 Å². The fourth-order valence-corrected chi connectivity index (χ4v) is 1.48. The van der Waals surface area contributed by atoms with Crippen LogP contribution in [0.25, 0.3) is 0 Å². The van der Waals surface area contributed by atoms with E-state index in [2.05, 4.69) is 0 Å². The van der Waals surface area contributed by atoms with Crippen LogP contribution in [0.5, 0.6) is 0 Å². The molecule has 0 atom stereocenters. The van der Waals surface area contributed by atoms with E-state index in [0.29, 0.717) is 6.54 Å². The molecule has 1 heterocycles. The maximum absolute atomic E-state index is 11.8. The standard InChI is InChI=1S/C12H13N2O.BrH/c1-13-8-5-9-14(13)10-12(15)11-6-3-2-4-7-11;/h2-9H,10H2,1H3;1H/q+1;/p-1. The van der Waals surface area contributed by atoms with Gasteiger partial charge in [-0.1, -0.05) is 30.3 Å². The normalized spacial score (nSPS) is 9.56. The first-order chi connectivity index (χ1) is 7.27. The maximum atomic E-state index is 11.8. The molecule has 0 spiro atoms. The highest BCUT2D eigenvalue weighted by Crippen LogP contribution is 2.01. The maximum Gasteiger partial charge on any atom is 0.195 e. The Bertz CT molecular complexity index is 465. The average Bonchev–Trinajstić information content (AvgIpc) is 2.66. The highest BCUT2D eigenvalue weighted by Gasteiger charge is 2.10. The van der Waals surface area contributed by atoms with Crippen LogP contribution < -0.4 is 21.7 Å². The molecule has 3 nitrogen and oxygen atoms in total. The van der Waals surface area contributed by atoms with Gasteiger partial charge in [0.15, 0.2) is 19.0 Å². The molecular weight excluding hydrogens is 268 g/mol.